The van der Waals surface area contributed by atoms with E-state index >= 15 is 0 Å². The third kappa shape index (κ3) is 1.82. The Morgan fingerprint density at radius 3 is 3.11 bits per heavy atom. The number of aliphatic carboxylic acids is 1. The standard InChI is InChI=1S/C13H18N2O3/c1-13(5-2-6-18-13)12-14-9-4-3-8(11(16)17)7-10(9)15-12/h8H,2-7H2,1H3,(H,14,15)(H,16,17). The van der Waals surface area contributed by atoms with Crippen molar-refractivity contribution in [3.63, 3.8) is 0 Å². The second-order valence-electron chi connectivity index (χ2n) is 5.47. The second kappa shape index (κ2) is 4.09. The van der Waals surface area contributed by atoms with Crippen molar-refractivity contribution < 1.29 is 14.6 Å². The van der Waals surface area contributed by atoms with Crippen molar-refractivity contribution >= 4 is 5.97 Å². The van der Waals surface area contributed by atoms with E-state index < -0.39 is 5.97 Å². The van der Waals surface area contributed by atoms with Crippen LogP contribution in [0, 0.1) is 5.92 Å². The number of hydrogen-bond acceptors (Lipinski definition) is 3. The van der Waals surface area contributed by atoms with Crippen molar-refractivity contribution in [2.45, 2.75) is 44.6 Å². The largest absolute Gasteiger partial charge is 0.481 e. The molecule has 0 amide bonds. The molecule has 1 aromatic rings. The molecule has 2 aliphatic rings. The van der Waals surface area contributed by atoms with E-state index in [1.54, 1.807) is 0 Å². The first kappa shape index (κ1) is 11.7. The Hall–Kier alpha value is -1.36. The van der Waals surface area contributed by atoms with Crippen LogP contribution in [0.5, 0.6) is 0 Å². The summed E-state index contributed by atoms with van der Waals surface area (Å²) in [5, 5.41) is 9.07. The van der Waals surface area contributed by atoms with Crippen molar-refractivity contribution in [2.75, 3.05) is 6.61 Å². The van der Waals surface area contributed by atoms with Crippen LogP contribution >= 0.6 is 0 Å². The Balaban J connectivity index is 1.87. The number of aryl methyl sites for hydroxylation is 1. The molecule has 0 bridgehead atoms. The van der Waals surface area contributed by atoms with Crippen LogP contribution in [0.2, 0.25) is 0 Å². The average molecular weight is 250 g/mol. The fourth-order valence-electron chi connectivity index (χ4n) is 2.91. The predicted octanol–water partition coefficient (Wildman–Crippen LogP) is 1.62. The molecule has 2 atom stereocenters. The fourth-order valence-corrected chi connectivity index (χ4v) is 2.91. The maximum atomic E-state index is 11.0. The van der Waals surface area contributed by atoms with Crippen LogP contribution in [0.15, 0.2) is 0 Å². The first-order valence-corrected chi connectivity index (χ1v) is 6.53. The van der Waals surface area contributed by atoms with Crippen LogP contribution in [-0.2, 0) is 28.0 Å². The van der Waals surface area contributed by atoms with Crippen LogP contribution < -0.4 is 0 Å². The minimum atomic E-state index is -0.708. The van der Waals surface area contributed by atoms with Crippen LogP contribution in [0.1, 0.15) is 43.4 Å². The van der Waals surface area contributed by atoms with Crippen molar-refractivity contribution in [3.05, 3.63) is 17.2 Å². The van der Waals surface area contributed by atoms with Gasteiger partial charge in [0.25, 0.3) is 0 Å². The topological polar surface area (TPSA) is 75.2 Å². The van der Waals surface area contributed by atoms with Gasteiger partial charge in [-0.2, -0.15) is 0 Å². The van der Waals surface area contributed by atoms with Gasteiger partial charge in [0, 0.05) is 18.7 Å². The highest BCUT2D eigenvalue weighted by molar-refractivity contribution is 5.70. The number of ether oxygens (including phenoxy) is 1. The summed E-state index contributed by atoms with van der Waals surface area (Å²) in [6.07, 6.45) is 4.03. The molecular formula is C13H18N2O3. The maximum absolute atomic E-state index is 11.0. The number of nitrogens with zero attached hydrogens (tertiary/aromatic N) is 1. The van der Waals surface area contributed by atoms with Gasteiger partial charge < -0.3 is 14.8 Å². The number of aromatic nitrogens is 2. The molecule has 18 heavy (non-hydrogen) atoms. The minimum Gasteiger partial charge on any atom is -0.481 e. The summed E-state index contributed by atoms with van der Waals surface area (Å²) < 4.78 is 5.77. The van der Waals surface area contributed by atoms with Crippen molar-refractivity contribution in [2.24, 2.45) is 5.92 Å². The Kier molecular flexibility index (Phi) is 2.66. The third-order valence-corrected chi connectivity index (χ3v) is 4.11. The van der Waals surface area contributed by atoms with Gasteiger partial charge in [0.05, 0.1) is 11.6 Å². The number of aromatic amines is 1. The summed E-state index contributed by atoms with van der Waals surface area (Å²) in [6, 6.07) is 0. The monoisotopic (exact) mass is 250 g/mol. The molecule has 2 heterocycles. The number of hydrogen-bond donors (Lipinski definition) is 2. The van der Waals surface area contributed by atoms with E-state index in [1.165, 1.54) is 0 Å². The molecule has 3 rings (SSSR count). The normalized spacial score (nSPS) is 31.3. The van der Waals surface area contributed by atoms with Crippen molar-refractivity contribution in [1.82, 2.24) is 9.97 Å². The van der Waals surface area contributed by atoms with Gasteiger partial charge in [0.2, 0.25) is 0 Å². The van der Waals surface area contributed by atoms with Crippen LogP contribution in [-0.4, -0.2) is 27.7 Å². The van der Waals surface area contributed by atoms with Crippen LogP contribution in [0.3, 0.4) is 0 Å². The number of carbonyl (C=O) groups is 1. The van der Waals surface area contributed by atoms with Crippen LogP contribution in [0.4, 0.5) is 0 Å². The molecule has 0 radical (unpaired) electrons. The second-order valence-corrected chi connectivity index (χ2v) is 5.47. The molecule has 2 unspecified atom stereocenters. The zero-order chi connectivity index (χ0) is 12.8. The lowest BCUT2D eigenvalue weighted by Gasteiger charge is -2.19. The van der Waals surface area contributed by atoms with Gasteiger partial charge in [-0.15, -0.1) is 0 Å². The number of carboxylic acid groups (broad SMARTS) is 1. The summed E-state index contributed by atoms with van der Waals surface area (Å²) in [4.78, 5) is 19.0. The van der Waals surface area contributed by atoms with Gasteiger partial charge in [0.15, 0.2) is 0 Å². The van der Waals surface area contributed by atoms with Gasteiger partial charge in [-0.25, -0.2) is 4.98 Å². The number of fused-ring (bicyclic) bond motifs is 1. The Labute approximate surface area is 106 Å². The summed E-state index contributed by atoms with van der Waals surface area (Å²) in [5.41, 5.74) is 1.70. The van der Waals surface area contributed by atoms with Gasteiger partial charge in [-0.3, -0.25) is 4.79 Å². The first-order valence-electron chi connectivity index (χ1n) is 6.53. The molecule has 98 valence electrons. The number of imidazole rings is 1. The molecular weight excluding hydrogens is 232 g/mol. The SMILES string of the molecule is CC1(c2nc3c([nH]2)CC(C(=O)O)CC3)CCCO1. The Bertz CT molecular complexity index is 475. The summed E-state index contributed by atoms with van der Waals surface area (Å²) in [5.74, 6) is -0.112. The van der Waals surface area contributed by atoms with E-state index in [2.05, 4.69) is 16.9 Å². The Morgan fingerprint density at radius 1 is 1.61 bits per heavy atom. The smallest absolute Gasteiger partial charge is 0.306 e. The average Bonchev–Trinajstić information content (AvgIpc) is 2.94. The van der Waals surface area contributed by atoms with Gasteiger partial charge in [-0.1, -0.05) is 0 Å². The number of nitrogens with one attached hydrogen (secondary N) is 1. The van der Waals surface area contributed by atoms with Crippen molar-refractivity contribution in [1.29, 1.82) is 0 Å². The highest BCUT2D eigenvalue weighted by atomic mass is 16.5. The molecule has 1 aliphatic heterocycles. The molecule has 5 heteroatoms. The van der Waals surface area contributed by atoms with Crippen molar-refractivity contribution in [3.8, 4) is 0 Å². The predicted molar refractivity (Wildman–Crippen MR) is 64.3 cm³/mol. The lowest BCUT2D eigenvalue weighted by atomic mass is 9.90. The molecule has 1 saturated heterocycles. The lowest BCUT2D eigenvalue weighted by Crippen LogP contribution is -2.22. The first-order chi connectivity index (χ1) is 8.58. The van der Waals surface area contributed by atoms with E-state index in [0.717, 1.165) is 43.1 Å². The Morgan fingerprint density at radius 2 is 2.44 bits per heavy atom. The number of rotatable bonds is 2. The molecule has 1 fully saturated rings. The van der Waals surface area contributed by atoms with Gasteiger partial charge >= 0.3 is 5.97 Å². The van der Waals surface area contributed by atoms with E-state index in [0.29, 0.717) is 12.8 Å². The molecule has 5 nitrogen and oxygen atoms in total. The summed E-state index contributed by atoms with van der Waals surface area (Å²) in [7, 11) is 0. The molecule has 0 aromatic carbocycles. The maximum Gasteiger partial charge on any atom is 0.306 e. The molecule has 2 N–H and O–H groups in total. The highest BCUT2D eigenvalue weighted by Gasteiger charge is 2.37. The van der Waals surface area contributed by atoms with Gasteiger partial charge in [0.1, 0.15) is 11.4 Å². The highest BCUT2D eigenvalue weighted by Crippen LogP contribution is 2.35. The van der Waals surface area contributed by atoms with E-state index in [1.807, 2.05) is 0 Å². The number of carboxylic acids is 1. The minimum absolute atomic E-state index is 0.275. The summed E-state index contributed by atoms with van der Waals surface area (Å²) in [6.45, 7) is 2.83. The zero-order valence-corrected chi connectivity index (χ0v) is 10.5. The third-order valence-electron chi connectivity index (χ3n) is 4.11. The lowest BCUT2D eigenvalue weighted by molar-refractivity contribution is -0.142. The van der Waals surface area contributed by atoms with Gasteiger partial charge in [-0.05, 0) is 32.6 Å². The molecule has 1 aliphatic carbocycles. The van der Waals surface area contributed by atoms with E-state index in [4.69, 9.17) is 9.84 Å². The zero-order valence-electron chi connectivity index (χ0n) is 10.5. The molecule has 0 spiro atoms. The van der Waals surface area contributed by atoms with Crippen LogP contribution in [0.25, 0.3) is 0 Å². The number of H-pyrrole nitrogens is 1. The van der Waals surface area contributed by atoms with E-state index in [9.17, 15) is 4.79 Å². The van der Waals surface area contributed by atoms with E-state index in [-0.39, 0.29) is 11.5 Å². The molecule has 1 aromatic heterocycles. The molecule has 0 saturated carbocycles. The quantitative estimate of drug-likeness (QED) is 0.836. The fraction of sp³-hybridized carbons (Fsp3) is 0.692. The summed E-state index contributed by atoms with van der Waals surface area (Å²) >= 11 is 0.